The number of carbonyl (C=O) groups excluding carboxylic acids is 1. The summed E-state index contributed by atoms with van der Waals surface area (Å²) in [5.74, 6) is -0.242. The summed E-state index contributed by atoms with van der Waals surface area (Å²) in [6.07, 6.45) is 3.73. The third-order valence-electron chi connectivity index (χ3n) is 3.62. The van der Waals surface area contributed by atoms with E-state index < -0.39 is 0 Å². The van der Waals surface area contributed by atoms with Gasteiger partial charge in [0.15, 0.2) is 5.69 Å². The normalized spacial score (nSPS) is 17.3. The predicted molar refractivity (Wildman–Crippen MR) is 73.8 cm³/mol. The summed E-state index contributed by atoms with van der Waals surface area (Å²) in [6.45, 7) is 0. The highest BCUT2D eigenvalue weighted by Crippen LogP contribution is 2.18. The zero-order chi connectivity index (χ0) is 15.0. The number of nitrogens with zero attached hydrogens (tertiary/aromatic N) is 5. The second kappa shape index (κ2) is 5.12. The lowest BCUT2D eigenvalue weighted by Gasteiger charge is -2.24. The van der Waals surface area contributed by atoms with Crippen LogP contribution in [-0.2, 0) is 26.9 Å². The molecule has 1 aliphatic carbocycles. The van der Waals surface area contributed by atoms with Crippen molar-refractivity contribution >= 4 is 5.91 Å². The first kappa shape index (κ1) is 13.5. The average molecular weight is 288 g/mol. The van der Waals surface area contributed by atoms with Crippen molar-refractivity contribution in [3.63, 3.8) is 0 Å². The number of nitrogens with one attached hydrogen (secondary N) is 1. The Labute approximate surface area is 120 Å². The zero-order valence-electron chi connectivity index (χ0n) is 11.9. The third kappa shape index (κ3) is 2.69. The molecule has 0 saturated heterocycles. The molecule has 110 valence electrons. The Morgan fingerprint density at radius 3 is 2.95 bits per heavy atom. The van der Waals surface area contributed by atoms with E-state index in [1.165, 1.54) is 9.36 Å². The van der Waals surface area contributed by atoms with Crippen molar-refractivity contribution in [3.8, 4) is 0 Å². The minimum absolute atomic E-state index is 0.0130. The first-order valence-electron chi connectivity index (χ1n) is 6.76. The number of hydrogen-bond donors (Lipinski definition) is 1. The summed E-state index contributed by atoms with van der Waals surface area (Å²) in [7, 11) is 3.35. The van der Waals surface area contributed by atoms with Gasteiger partial charge in [-0.05, 0) is 24.8 Å². The molecule has 21 heavy (non-hydrogen) atoms. The SMILES string of the molecule is Cn1cc(C(=O)N[C@@H]2CCc3nn(C)c(=O)cc3C2)nn1. The molecule has 1 atom stereocenters. The van der Waals surface area contributed by atoms with Crippen molar-refractivity contribution < 1.29 is 4.79 Å². The molecule has 0 saturated carbocycles. The fraction of sp³-hybridized carbons (Fsp3) is 0.462. The molecule has 0 unspecified atom stereocenters. The van der Waals surface area contributed by atoms with E-state index in [1.807, 2.05) is 0 Å². The number of fused-ring (bicyclic) bond motifs is 1. The molecule has 8 nitrogen and oxygen atoms in total. The number of aryl methyl sites for hydroxylation is 3. The molecule has 8 heteroatoms. The Bertz CT molecular complexity index is 747. The number of hydrogen-bond acceptors (Lipinski definition) is 5. The summed E-state index contributed by atoms with van der Waals surface area (Å²) in [5, 5.41) is 14.7. The van der Waals surface area contributed by atoms with Gasteiger partial charge in [-0.1, -0.05) is 5.21 Å². The van der Waals surface area contributed by atoms with Gasteiger partial charge < -0.3 is 5.32 Å². The molecule has 1 N–H and O–H groups in total. The number of amides is 1. The van der Waals surface area contributed by atoms with E-state index in [2.05, 4.69) is 20.7 Å². The minimum atomic E-state index is -0.242. The van der Waals surface area contributed by atoms with E-state index in [4.69, 9.17) is 0 Å². The molecule has 0 aliphatic heterocycles. The molecule has 0 bridgehead atoms. The first-order chi connectivity index (χ1) is 10.0. The van der Waals surface area contributed by atoms with E-state index in [0.717, 1.165) is 24.1 Å². The highest BCUT2D eigenvalue weighted by molar-refractivity contribution is 5.92. The van der Waals surface area contributed by atoms with Crippen molar-refractivity contribution in [1.29, 1.82) is 0 Å². The molecule has 1 amide bonds. The van der Waals surface area contributed by atoms with Crippen LogP contribution in [-0.4, -0.2) is 36.7 Å². The van der Waals surface area contributed by atoms with Crippen molar-refractivity contribution in [2.75, 3.05) is 0 Å². The summed E-state index contributed by atoms with van der Waals surface area (Å²) in [6, 6.07) is 1.59. The van der Waals surface area contributed by atoms with E-state index in [0.29, 0.717) is 12.1 Å². The largest absolute Gasteiger partial charge is 0.348 e. The summed E-state index contributed by atoms with van der Waals surface area (Å²) < 4.78 is 2.83. The Morgan fingerprint density at radius 1 is 1.43 bits per heavy atom. The van der Waals surface area contributed by atoms with Gasteiger partial charge in [-0.25, -0.2) is 4.68 Å². The van der Waals surface area contributed by atoms with Gasteiger partial charge in [0.05, 0.1) is 11.9 Å². The van der Waals surface area contributed by atoms with E-state index in [9.17, 15) is 9.59 Å². The quantitative estimate of drug-likeness (QED) is 0.780. The van der Waals surface area contributed by atoms with Crippen LogP contribution in [0.5, 0.6) is 0 Å². The monoisotopic (exact) mass is 288 g/mol. The van der Waals surface area contributed by atoms with Crippen LogP contribution in [0.3, 0.4) is 0 Å². The van der Waals surface area contributed by atoms with Crippen LogP contribution in [0.15, 0.2) is 17.1 Å². The Morgan fingerprint density at radius 2 is 2.24 bits per heavy atom. The minimum Gasteiger partial charge on any atom is -0.348 e. The Kier molecular flexibility index (Phi) is 3.28. The van der Waals surface area contributed by atoms with Crippen LogP contribution < -0.4 is 10.9 Å². The molecule has 0 spiro atoms. The van der Waals surface area contributed by atoms with Crippen LogP contribution in [0.4, 0.5) is 0 Å². The number of rotatable bonds is 2. The molecule has 2 aromatic rings. The van der Waals surface area contributed by atoms with E-state index in [-0.39, 0.29) is 17.5 Å². The molecular weight excluding hydrogens is 272 g/mol. The second-order valence-corrected chi connectivity index (χ2v) is 5.27. The van der Waals surface area contributed by atoms with Crippen LogP contribution in [0.2, 0.25) is 0 Å². The number of carbonyl (C=O) groups is 1. The maximum absolute atomic E-state index is 12.1. The van der Waals surface area contributed by atoms with E-state index in [1.54, 1.807) is 26.4 Å². The lowest BCUT2D eigenvalue weighted by molar-refractivity contribution is 0.0928. The maximum atomic E-state index is 12.1. The van der Waals surface area contributed by atoms with Crippen molar-refractivity contribution in [3.05, 3.63) is 39.6 Å². The number of aromatic nitrogens is 5. The Balaban J connectivity index is 1.73. The van der Waals surface area contributed by atoms with Crippen LogP contribution in [0.25, 0.3) is 0 Å². The van der Waals surface area contributed by atoms with Gasteiger partial charge in [0.2, 0.25) is 0 Å². The van der Waals surface area contributed by atoms with Gasteiger partial charge in [-0.15, -0.1) is 5.10 Å². The van der Waals surface area contributed by atoms with Gasteiger partial charge in [0.1, 0.15) is 0 Å². The summed E-state index contributed by atoms with van der Waals surface area (Å²) in [4.78, 5) is 23.7. The fourth-order valence-corrected chi connectivity index (χ4v) is 2.52. The molecule has 0 fully saturated rings. The zero-order valence-corrected chi connectivity index (χ0v) is 11.9. The molecular formula is C13H16N6O2. The topological polar surface area (TPSA) is 94.7 Å². The second-order valence-electron chi connectivity index (χ2n) is 5.27. The van der Waals surface area contributed by atoms with Crippen molar-refractivity contribution in [1.82, 2.24) is 30.1 Å². The summed E-state index contributed by atoms with van der Waals surface area (Å²) >= 11 is 0. The van der Waals surface area contributed by atoms with Gasteiger partial charge in [0.25, 0.3) is 11.5 Å². The predicted octanol–water partition coefficient (Wildman–Crippen LogP) is -0.804. The third-order valence-corrected chi connectivity index (χ3v) is 3.62. The smallest absolute Gasteiger partial charge is 0.273 e. The van der Waals surface area contributed by atoms with Crippen LogP contribution in [0, 0.1) is 0 Å². The van der Waals surface area contributed by atoms with Gasteiger partial charge >= 0.3 is 0 Å². The van der Waals surface area contributed by atoms with Crippen molar-refractivity contribution in [2.24, 2.45) is 14.1 Å². The van der Waals surface area contributed by atoms with Gasteiger partial charge in [-0.2, -0.15) is 5.10 Å². The maximum Gasteiger partial charge on any atom is 0.273 e. The first-order valence-corrected chi connectivity index (χ1v) is 6.76. The summed E-state index contributed by atoms with van der Waals surface area (Å²) in [5.41, 5.74) is 2.01. The van der Waals surface area contributed by atoms with Crippen molar-refractivity contribution in [2.45, 2.75) is 25.3 Å². The average Bonchev–Trinajstić information content (AvgIpc) is 2.87. The van der Waals surface area contributed by atoms with Gasteiger partial charge in [0, 0.05) is 26.2 Å². The highest BCUT2D eigenvalue weighted by atomic mass is 16.2. The lowest BCUT2D eigenvalue weighted by Crippen LogP contribution is -2.40. The van der Waals surface area contributed by atoms with Crippen LogP contribution in [0.1, 0.15) is 28.2 Å². The van der Waals surface area contributed by atoms with E-state index >= 15 is 0 Å². The van der Waals surface area contributed by atoms with Gasteiger partial charge in [-0.3, -0.25) is 14.3 Å². The standard InChI is InChI=1S/C13H16N6O2/c1-18-7-11(15-17-18)13(21)14-9-3-4-10-8(5-9)6-12(20)19(2)16-10/h6-7,9H,3-5H2,1-2H3,(H,14,21)/t9-/m1/s1. The molecule has 0 radical (unpaired) electrons. The molecule has 1 aliphatic rings. The highest BCUT2D eigenvalue weighted by Gasteiger charge is 2.23. The lowest BCUT2D eigenvalue weighted by atomic mass is 9.92. The molecule has 2 aromatic heterocycles. The fourth-order valence-electron chi connectivity index (χ4n) is 2.52. The molecule has 3 rings (SSSR count). The van der Waals surface area contributed by atoms with Crippen LogP contribution >= 0.6 is 0 Å². The Hall–Kier alpha value is -2.51. The molecule has 0 aromatic carbocycles. The molecule has 2 heterocycles.